The molecular weight excluding hydrogens is 164 g/mol. The van der Waals surface area contributed by atoms with Crippen molar-refractivity contribution in [2.75, 3.05) is 0 Å². The molecular formula is C10H16N2O. The average Bonchev–Trinajstić information content (AvgIpc) is 2.52. The van der Waals surface area contributed by atoms with Crippen LogP contribution in [0.3, 0.4) is 0 Å². The molecule has 1 aliphatic heterocycles. The quantitative estimate of drug-likeness (QED) is 0.657. The first kappa shape index (κ1) is 8.75. The van der Waals surface area contributed by atoms with Crippen molar-refractivity contribution in [1.29, 1.82) is 0 Å². The Bertz CT molecular complexity index is 324. The van der Waals surface area contributed by atoms with Crippen LogP contribution in [0, 0.1) is 5.41 Å². The fourth-order valence-electron chi connectivity index (χ4n) is 1.96. The van der Waals surface area contributed by atoms with E-state index in [1.165, 1.54) is 0 Å². The predicted molar refractivity (Wildman–Crippen MR) is 50.2 cm³/mol. The van der Waals surface area contributed by atoms with Crippen LogP contribution >= 0.6 is 0 Å². The van der Waals surface area contributed by atoms with Crippen LogP contribution in [0.4, 0.5) is 0 Å². The Labute approximate surface area is 78.4 Å². The summed E-state index contributed by atoms with van der Waals surface area (Å²) in [5, 5.41) is 10.5. The molecule has 0 spiro atoms. The van der Waals surface area contributed by atoms with E-state index in [1.807, 2.05) is 10.8 Å². The number of hydrogen-bond donors (Lipinski definition) is 1. The van der Waals surface area contributed by atoms with Crippen LogP contribution in [0.25, 0.3) is 0 Å². The molecule has 0 fully saturated rings. The van der Waals surface area contributed by atoms with Crippen LogP contribution < -0.4 is 0 Å². The number of hydrogen-bond acceptors (Lipinski definition) is 2. The fraction of sp³-hybridized carbons (Fsp3) is 0.700. The van der Waals surface area contributed by atoms with Crippen LogP contribution in [0.2, 0.25) is 0 Å². The molecule has 1 N–H and O–H groups in total. The number of aliphatic hydroxyl groups is 1. The maximum absolute atomic E-state index is 10.5. The highest BCUT2D eigenvalue weighted by atomic mass is 16.3. The molecule has 2 rings (SSSR count). The van der Waals surface area contributed by atoms with Gasteiger partial charge >= 0.3 is 0 Å². The zero-order valence-corrected chi connectivity index (χ0v) is 8.41. The molecule has 0 saturated heterocycles. The van der Waals surface area contributed by atoms with E-state index in [-0.39, 0.29) is 5.41 Å². The molecule has 0 bridgehead atoms. The van der Waals surface area contributed by atoms with Gasteiger partial charge in [-0.2, -0.15) is 0 Å². The number of nitrogens with zero attached hydrogens (tertiary/aromatic N) is 2. The van der Waals surface area contributed by atoms with Crippen LogP contribution in [0.1, 0.15) is 33.0 Å². The zero-order chi connectivity index (χ0) is 9.69. The van der Waals surface area contributed by atoms with E-state index in [2.05, 4.69) is 25.8 Å². The second-order valence-electron chi connectivity index (χ2n) is 4.80. The van der Waals surface area contributed by atoms with Gasteiger partial charge in [-0.3, -0.25) is 0 Å². The zero-order valence-electron chi connectivity index (χ0n) is 8.41. The summed E-state index contributed by atoms with van der Waals surface area (Å²) >= 11 is 0. The Balaban J connectivity index is 2.49. The van der Waals surface area contributed by atoms with Crippen molar-refractivity contribution in [3.63, 3.8) is 0 Å². The molecule has 1 aromatic rings. The highest BCUT2D eigenvalue weighted by Crippen LogP contribution is 2.44. The average molecular weight is 180 g/mol. The van der Waals surface area contributed by atoms with Gasteiger partial charge in [0.2, 0.25) is 0 Å². The van der Waals surface area contributed by atoms with Gasteiger partial charge < -0.3 is 9.67 Å². The second kappa shape index (κ2) is 2.35. The molecule has 0 aromatic carbocycles. The molecule has 0 amide bonds. The Morgan fingerprint density at radius 3 is 2.85 bits per heavy atom. The normalized spacial score (nSPS) is 27.7. The largest absolute Gasteiger partial charge is 0.381 e. The van der Waals surface area contributed by atoms with Crippen molar-refractivity contribution in [3.05, 3.63) is 18.2 Å². The molecule has 72 valence electrons. The minimum absolute atomic E-state index is 0.146. The highest BCUT2D eigenvalue weighted by Gasteiger charge is 2.47. The van der Waals surface area contributed by atoms with Gasteiger partial charge in [0.15, 0.2) is 0 Å². The lowest BCUT2D eigenvalue weighted by Crippen LogP contribution is -2.38. The third-order valence-corrected chi connectivity index (χ3v) is 3.04. The summed E-state index contributed by atoms with van der Waals surface area (Å²) < 4.78 is 2.03. The van der Waals surface area contributed by atoms with Crippen LogP contribution in [-0.4, -0.2) is 14.7 Å². The van der Waals surface area contributed by atoms with E-state index >= 15 is 0 Å². The summed E-state index contributed by atoms with van der Waals surface area (Å²) in [7, 11) is 0. The lowest BCUT2D eigenvalue weighted by Gasteiger charge is -2.35. The van der Waals surface area contributed by atoms with Crippen LogP contribution in [0.5, 0.6) is 0 Å². The van der Waals surface area contributed by atoms with Gasteiger partial charge in [-0.15, -0.1) is 0 Å². The van der Waals surface area contributed by atoms with Crippen molar-refractivity contribution in [2.45, 2.75) is 39.3 Å². The van der Waals surface area contributed by atoms with Crippen molar-refractivity contribution in [3.8, 4) is 0 Å². The number of fused-ring (bicyclic) bond motifs is 1. The Morgan fingerprint density at radius 1 is 1.54 bits per heavy atom. The molecule has 0 aliphatic carbocycles. The summed E-state index contributed by atoms with van der Waals surface area (Å²) in [5.74, 6) is 0.819. The Morgan fingerprint density at radius 2 is 2.23 bits per heavy atom. The summed E-state index contributed by atoms with van der Waals surface area (Å²) in [6.07, 6.45) is 4.46. The van der Waals surface area contributed by atoms with Gasteiger partial charge in [-0.1, -0.05) is 20.8 Å². The van der Waals surface area contributed by atoms with Crippen molar-refractivity contribution >= 4 is 0 Å². The monoisotopic (exact) mass is 180 g/mol. The summed E-state index contributed by atoms with van der Waals surface area (Å²) in [6.45, 7) is 7.04. The van der Waals surface area contributed by atoms with Gasteiger partial charge in [-0.05, 0) is 5.41 Å². The maximum Gasteiger partial charge on any atom is 0.141 e. The lowest BCUT2D eigenvalue weighted by atomic mass is 9.75. The smallest absolute Gasteiger partial charge is 0.141 e. The molecule has 13 heavy (non-hydrogen) atoms. The van der Waals surface area contributed by atoms with E-state index in [1.54, 1.807) is 6.20 Å². The molecule has 1 atom stereocenters. The van der Waals surface area contributed by atoms with Gasteiger partial charge in [0.05, 0.1) is 0 Å². The minimum atomic E-state index is -0.753. The first-order valence-corrected chi connectivity index (χ1v) is 4.69. The van der Waals surface area contributed by atoms with Crippen molar-refractivity contribution in [1.82, 2.24) is 9.55 Å². The summed E-state index contributed by atoms with van der Waals surface area (Å²) in [4.78, 5) is 4.23. The minimum Gasteiger partial charge on any atom is -0.381 e. The lowest BCUT2D eigenvalue weighted by molar-refractivity contribution is -0.0658. The molecule has 0 saturated carbocycles. The number of imidazole rings is 1. The van der Waals surface area contributed by atoms with E-state index in [0.29, 0.717) is 0 Å². The van der Waals surface area contributed by atoms with Crippen molar-refractivity contribution < 1.29 is 5.11 Å². The number of aryl methyl sites for hydroxylation is 1. The molecule has 3 nitrogen and oxygen atoms in total. The molecule has 3 heteroatoms. The first-order valence-electron chi connectivity index (χ1n) is 4.69. The van der Waals surface area contributed by atoms with Crippen LogP contribution in [0.15, 0.2) is 12.4 Å². The SMILES string of the molecule is CC(C)(C)[C@]1(O)CCn2ccnc21. The third kappa shape index (κ3) is 1.03. The maximum atomic E-state index is 10.5. The summed E-state index contributed by atoms with van der Waals surface area (Å²) in [5.41, 5.74) is -0.900. The summed E-state index contributed by atoms with van der Waals surface area (Å²) in [6, 6.07) is 0. The molecule has 2 heterocycles. The molecule has 1 aromatic heterocycles. The Kier molecular flexibility index (Phi) is 1.58. The number of rotatable bonds is 0. The van der Waals surface area contributed by atoms with E-state index in [9.17, 15) is 5.11 Å². The van der Waals surface area contributed by atoms with Gasteiger partial charge in [0, 0.05) is 25.4 Å². The van der Waals surface area contributed by atoms with E-state index in [4.69, 9.17) is 0 Å². The van der Waals surface area contributed by atoms with Crippen LogP contribution in [-0.2, 0) is 12.1 Å². The van der Waals surface area contributed by atoms with Gasteiger partial charge in [-0.25, -0.2) is 4.98 Å². The highest BCUT2D eigenvalue weighted by molar-refractivity contribution is 5.14. The van der Waals surface area contributed by atoms with Gasteiger partial charge in [0.1, 0.15) is 11.4 Å². The topological polar surface area (TPSA) is 38.0 Å². The Hall–Kier alpha value is -0.830. The molecule has 1 aliphatic rings. The third-order valence-electron chi connectivity index (χ3n) is 3.04. The van der Waals surface area contributed by atoms with E-state index < -0.39 is 5.60 Å². The standard InChI is InChI=1S/C10H16N2O/c1-9(2,3)10(13)4-6-12-7-5-11-8(10)12/h5,7,13H,4,6H2,1-3H3/t10-/m0/s1. The molecule has 0 radical (unpaired) electrons. The first-order chi connectivity index (χ1) is 5.95. The predicted octanol–water partition coefficient (Wildman–Crippen LogP) is 1.52. The van der Waals surface area contributed by atoms with E-state index in [0.717, 1.165) is 18.8 Å². The fourth-order valence-corrected chi connectivity index (χ4v) is 1.96. The van der Waals surface area contributed by atoms with Crippen molar-refractivity contribution in [2.24, 2.45) is 5.41 Å². The number of aromatic nitrogens is 2. The molecule has 0 unspecified atom stereocenters. The second-order valence-corrected chi connectivity index (χ2v) is 4.80. The van der Waals surface area contributed by atoms with Gasteiger partial charge in [0.25, 0.3) is 0 Å².